The number of nitrogens with zero attached hydrogens (tertiary/aromatic N) is 3. The van der Waals surface area contributed by atoms with Gasteiger partial charge < -0.3 is 15.2 Å². The van der Waals surface area contributed by atoms with Gasteiger partial charge in [0.1, 0.15) is 17.5 Å². The predicted molar refractivity (Wildman–Crippen MR) is 103 cm³/mol. The molecule has 3 rings (SSSR count). The van der Waals surface area contributed by atoms with Gasteiger partial charge in [-0.1, -0.05) is 30.3 Å². The Morgan fingerprint density at radius 1 is 1.26 bits per heavy atom. The van der Waals surface area contributed by atoms with Gasteiger partial charge in [0.05, 0.1) is 11.4 Å². The fourth-order valence-electron chi connectivity index (χ4n) is 2.90. The third-order valence-electron chi connectivity index (χ3n) is 4.48. The molecule has 1 unspecified atom stereocenters. The largest absolute Gasteiger partial charge is 0.368 e. The zero-order valence-electron chi connectivity index (χ0n) is 15.8. The smallest absolute Gasteiger partial charge is 0.295 e. The van der Waals surface area contributed by atoms with Crippen LogP contribution in [0.3, 0.4) is 0 Å². The van der Waals surface area contributed by atoms with Crippen molar-refractivity contribution in [2.24, 2.45) is 7.05 Å². The molecule has 2 aromatic heterocycles. The molecule has 0 bridgehead atoms. The average molecular weight is 369 g/mol. The maximum atomic E-state index is 13.0. The van der Waals surface area contributed by atoms with Crippen molar-refractivity contribution in [3.05, 3.63) is 58.2 Å². The van der Waals surface area contributed by atoms with E-state index in [-0.39, 0.29) is 11.5 Å². The first kappa shape index (κ1) is 18.5. The highest BCUT2D eigenvalue weighted by Gasteiger charge is 2.23. The quantitative estimate of drug-likeness (QED) is 0.697. The highest BCUT2D eigenvalue weighted by Crippen LogP contribution is 2.16. The van der Waals surface area contributed by atoms with E-state index in [0.29, 0.717) is 23.7 Å². The van der Waals surface area contributed by atoms with Crippen LogP contribution in [-0.2, 0) is 11.8 Å². The number of hydrogen-bond donors (Lipinski definition) is 2. The number of para-hydroxylation sites is 1. The zero-order valence-corrected chi connectivity index (χ0v) is 15.8. The summed E-state index contributed by atoms with van der Waals surface area (Å²) in [6, 6.07) is 10.4. The van der Waals surface area contributed by atoms with E-state index in [2.05, 4.69) is 15.8 Å². The number of rotatable bonds is 6. The van der Waals surface area contributed by atoms with E-state index < -0.39 is 6.04 Å². The molecule has 0 aliphatic heterocycles. The van der Waals surface area contributed by atoms with Crippen LogP contribution in [0.4, 0.5) is 11.5 Å². The molecule has 1 atom stereocenters. The number of benzene rings is 1. The van der Waals surface area contributed by atoms with Crippen molar-refractivity contribution in [3.8, 4) is 5.69 Å². The maximum Gasteiger partial charge on any atom is 0.295 e. The van der Waals surface area contributed by atoms with Crippen LogP contribution in [0.15, 0.2) is 45.7 Å². The summed E-state index contributed by atoms with van der Waals surface area (Å²) in [5, 5.41) is 9.57. The van der Waals surface area contributed by atoms with Gasteiger partial charge in [-0.3, -0.25) is 14.3 Å². The van der Waals surface area contributed by atoms with Crippen molar-refractivity contribution in [2.45, 2.75) is 33.2 Å². The predicted octanol–water partition coefficient (Wildman–Crippen LogP) is 2.61. The lowest BCUT2D eigenvalue weighted by atomic mass is 10.2. The Kier molecular flexibility index (Phi) is 5.16. The standard InChI is InChI=1S/C19H23N5O3/c1-5-15(18(25)21-16-11-12(2)27-22-16)20-17-13(3)23(4)24(19(17)26)14-9-7-6-8-10-14/h6-11,15,20H,5H2,1-4H3,(H,21,22,25). The van der Waals surface area contributed by atoms with Crippen LogP contribution >= 0.6 is 0 Å². The molecule has 2 N–H and O–H groups in total. The second-order valence-electron chi connectivity index (χ2n) is 6.35. The van der Waals surface area contributed by atoms with Crippen LogP contribution in [-0.4, -0.2) is 26.5 Å². The molecule has 0 spiro atoms. The topological polar surface area (TPSA) is 94.1 Å². The number of nitrogens with one attached hydrogen (secondary N) is 2. The van der Waals surface area contributed by atoms with Gasteiger partial charge in [0.15, 0.2) is 5.82 Å². The minimum absolute atomic E-state index is 0.204. The molecular weight excluding hydrogens is 346 g/mol. The molecule has 2 heterocycles. The minimum Gasteiger partial charge on any atom is -0.368 e. The Morgan fingerprint density at radius 2 is 1.96 bits per heavy atom. The summed E-state index contributed by atoms with van der Waals surface area (Å²) in [5.74, 6) is 0.680. The van der Waals surface area contributed by atoms with E-state index >= 15 is 0 Å². The summed E-state index contributed by atoms with van der Waals surface area (Å²) in [5.41, 5.74) is 1.70. The van der Waals surface area contributed by atoms with Crippen LogP contribution < -0.4 is 16.2 Å². The average Bonchev–Trinajstić information content (AvgIpc) is 3.15. The first-order valence-corrected chi connectivity index (χ1v) is 8.77. The molecular formula is C19H23N5O3. The van der Waals surface area contributed by atoms with Crippen molar-refractivity contribution < 1.29 is 9.32 Å². The van der Waals surface area contributed by atoms with Gasteiger partial charge in [0.2, 0.25) is 5.91 Å². The van der Waals surface area contributed by atoms with Crippen LogP contribution in [0, 0.1) is 13.8 Å². The molecule has 27 heavy (non-hydrogen) atoms. The monoisotopic (exact) mass is 369 g/mol. The van der Waals surface area contributed by atoms with Gasteiger partial charge >= 0.3 is 0 Å². The van der Waals surface area contributed by atoms with Crippen LogP contribution in [0.1, 0.15) is 24.8 Å². The maximum absolute atomic E-state index is 13.0. The van der Waals surface area contributed by atoms with Crippen molar-refractivity contribution in [1.82, 2.24) is 14.5 Å². The molecule has 0 aliphatic carbocycles. The minimum atomic E-state index is -0.583. The lowest BCUT2D eigenvalue weighted by Gasteiger charge is -2.16. The molecule has 8 nitrogen and oxygen atoms in total. The summed E-state index contributed by atoms with van der Waals surface area (Å²) < 4.78 is 8.30. The fraction of sp³-hybridized carbons (Fsp3) is 0.316. The van der Waals surface area contributed by atoms with E-state index in [1.807, 2.05) is 51.2 Å². The SMILES string of the molecule is CCC(Nc1c(C)n(C)n(-c2ccccc2)c1=O)C(=O)Nc1cc(C)on1. The normalized spacial score (nSPS) is 12.0. The number of aryl methyl sites for hydroxylation is 1. The molecule has 1 aromatic carbocycles. The van der Waals surface area contributed by atoms with E-state index in [0.717, 1.165) is 11.4 Å². The first-order chi connectivity index (χ1) is 12.9. The molecule has 3 aromatic rings. The summed E-state index contributed by atoms with van der Waals surface area (Å²) in [6.07, 6.45) is 0.502. The van der Waals surface area contributed by atoms with Gasteiger partial charge in [-0.15, -0.1) is 0 Å². The first-order valence-electron chi connectivity index (χ1n) is 8.77. The highest BCUT2D eigenvalue weighted by atomic mass is 16.5. The van der Waals surface area contributed by atoms with Gasteiger partial charge in [-0.25, -0.2) is 4.68 Å². The number of carbonyl (C=O) groups is 1. The van der Waals surface area contributed by atoms with Crippen LogP contribution in [0.2, 0.25) is 0 Å². The summed E-state index contributed by atoms with van der Waals surface area (Å²) >= 11 is 0. The lowest BCUT2D eigenvalue weighted by molar-refractivity contribution is -0.117. The Morgan fingerprint density at radius 3 is 2.56 bits per heavy atom. The molecule has 8 heteroatoms. The summed E-state index contributed by atoms with van der Waals surface area (Å²) in [4.78, 5) is 25.5. The second kappa shape index (κ2) is 7.53. The number of amides is 1. The van der Waals surface area contributed by atoms with Crippen LogP contribution in [0.25, 0.3) is 5.69 Å². The van der Waals surface area contributed by atoms with E-state index in [1.54, 1.807) is 22.4 Å². The second-order valence-corrected chi connectivity index (χ2v) is 6.35. The van der Waals surface area contributed by atoms with Crippen molar-refractivity contribution >= 4 is 17.4 Å². The number of aromatic nitrogens is 3. The Balaban J connectivity index is 1.87. The number of anilines is 2. The number of hydrogen-bond acceptors (Lipinski definition) is 5. The molecule has 0 fully saturated rings. The van der Waals surface area contributed by atoms with Gasteiger partial charge in [0, 0.05) is 13.1 Å². The zero-order chi connectivity index (χ0) is 19.6. The lowest BCUT2D eigenvalue weighted by Crippen LogP contribution is -2.36. The van der Waals surface area contributed by atoms with Crippen molar-refractivity contribution in [1.29, 1.82) is 0 Å². The van der Waals surface area contributed by atoms with Crippen molar-refractivity contribution in [3.63, 3.8) is 0 Å². The molecule has 0 saturated heterocycles. The van der Waals surface area contributed by atoms with Gasteiger partial charge in [0.25, 0.3) is 5.56 Å². The van der Waals surface area contributed by atoms with Crippen LogP contribution in [0.5, 0.6) is 0 Å². The molecule has 142 valence electrons. The third kappa shape index (κ3) is 3.64. The number of carbonyl (C=O) groups excluding carboxylic acids is 1. The highest BCUT2D eigenvalue weighted by molar-refractivity contribution is 5.95. The molecule has 0 saturated carbocycles. The van der Waals surface area contributed by atoms with Gasteiger partial charge in [-0.2, -0.15) is 0 Å². The Bertz CT molecular complexity index is 1000. The summed E-state index contributed by atoms with van der Waals surface area (Å²) in [7, 11) is 1.81. The van der Waals surface area contributed by atoms with Gasteiger partial charge in [-0.05, 0) is 32.4 Å². The van der Waals surface area contributed by atoms with Crippen molar-refractivity contribution in [2.75, 3.05) is 10.6 Å². The molecule has 1 amide bonds. The third-order valence-corrected chi connectivity index (χ3v) is 4.48. The fourth-order valence-corrected chi connectivity index (χ4v) is 2.90. The Labute approximate surface area is 156 Å². The summed E-state index contributed by atoms with van der Waals surface area (Å²) in [6.45, 7) is 5.46. The van der Waals surface area contributed by atoms with E-state index in [9.17, 15) is 9.59 Å². The Hall–Kier alpha value is -3.29. The van der Waals surface area contributed by atoms with E-state index in [4.69, 9.17) is 4.52 Å². The van der Waals surface area contributed by atoms with E-state index in [1.165, 1.54) is 0 Å². The molecule has 0 aliphatic rings. The molecule has 0 radical (unpaired) electrons.